The molecule has 0 fully saturated rings. The predicted octanol–water partition coefficient (Wildman–Crippen LogP) is 2.80. The van der Waals surface area contributed by atoms with Crippen LogP contribution in [0.3, 0.4) is 0 Å². The van der Waals surface area contributed by atoms with Gasteiger partial charge in [0.1, 0.15) is 12.3 Å². The van der Waals surface area contributed by atoms with Gasteiger partial charge in [-0.2, -0.15) is 4.98 Å². The molecule has 0 radical (unpaired) electrons. The Morgan fingerprint density at radius 2 is 2.20 bits per heavy atom. The number of urea groups is 1. The van der Waals surface area contributed by atoms with Crippen molar-refractivity contribution in [3.05, 3.63) is 54.7 Å². The Bertz CT molecular complexity index is 850. The average Bonchev–Trinajstić information content (AvgIpc) is 3.11. The molecule has 3 rings (SSSR count). The zero-order chi connectivity index (χ0) is 17.6. The van der Waals surface area contributed by atoms with E-state index in [-0.39, 0.29) is 12.6 Å². The van der Waals surface area contributed by atoms with Gasteiger partial charge in [-0.25, -0.2) is 4.79 Å². The molecule has 0 saturated carbocycles. The number of pyridine rings is 1. The quantitative estimate of drug-likeness (QED) is 0.768. The summed E-state index contributed by atoms with van der Waals surface area (Å²) in [5.41, 5.74) is 1.39. The number of nitrogens with zero attached hydrogens (tertiary/aromatic N) is 4. The summed E-state index contributed by atoms with van der Waals surface area (Å²) in [5, 5.41) is 6.69. The summed E-state index contributed by atoms with van der Waals surface area (Å²) in [4.78, 5) is 22.0. The van der Waals surface area contributed by atoms with Crippen LogP contribution in [0.5, 0.6) is 5.75 Å². The minimum Gasteiger partial charge on any atom is -0.497 e. The van der Waals surface area contributed by atoms with Gasteiger partial charge >= 0.3 is 6.03 Å². The summed E-state index contributed by atoms with van der Waals surface area (Å²) in [6.45, 7) is 0.184. The van der Waals surface area contributed by atoms with E-state index in [0.717, 1.165) is 5.56 Å². The normalized spacial score (nSPS) is 10.3. The number of rotatable bonds is 5. The second-order valence-corrected chi connectivity index (χ2v) is 5.27. The highest BCUT2D eigenvalue weighted by molar-refractivity contribution is 5.89. The van der Waals surface area contributed by atoms with E-state index in [2.05, 4.69) is 20.4 Å². The van der Waals surface area contributed by atoms with Gasteiger partial charge in [0, 0.05) is 36.8 Å². The summed E-state index contributed by atoms with van der Waals surface area (Å²) in [5.74, 6) is 1.44. The SMILES string of the molecule is COc1cccc(NC(=O)N(C)Cc2nc(-c3cccnc3)no2)c1. The highest BCUT2D eigenvalue weighted by atomic mass is 16.5. The molecule has 2 heterocycles. The Kier molecular flexibility index (Phi) is 4.89. The molecule has 0 saturated heterocycles. The number of methoxy groups -OCH3 is 1. The molecule has 1 aromatic carbocycles. The van der Waals surface area contributed by atoms with Gasteiger partial charge in [0.15, 0.2) is 0 Å². The van der Waals surface area contributed by atoms with Crippen molar-refractivity contribution in [2.75, 3.05) is 19.5 Å². The molecule has 0 atom stereocenters. The lowest BCUT2D eigenvalue weighted by molar-refractivity contribution is 0.213. The van der Waals surface area contributed by atoms with Crippen molar-refractivity contribution in [1.82, 2.24) is 20.0 Å². The lowest BCUT2D eigenvalue weighted by atomic mass is 10.3. The number of benzene rings is 1. The monoisotopic (exact) mass is 339 g/mol. The van der Waals surface area contributed by atoms with E-state index in [1.807, 2.05) is 6.07 Å². The van der Waals surface area contributed by atoms with Crippen molar-refractivity contribution < 1.29 is 14.1 Å². The number of hydrogen-bond acceptors (Lipinski definition) is 6. The van der Waals surface area contributed by atoms with Crippen LogP contribution in [-0.4, -0.2) is 40.2 Å². The molecule has 2 amide bonds. The van der Waals surface area contributed by atoms with Gasteiger partial charge in [-0.3, -0.25) is 4.98 Å². The zero-order valence-electron chi connectivity index (χ0n) is 13.8. The van der Waals surface area contributed by atoms with Gasteiger partial charge in [0.25, 0.3) is 0 Å². The predicted molar refractivity (Wildman–Crippen MR) is 91.0 cm³/mol. The van der Waals surface area contributed by atoms with E-state index < -0.39 is 0 Å². The molecule has 128 valence electrons. The van der Waals surface area contributed by atoms with E-state index in [1.165, 1.54) is 4.90 Å². The van der Waals surface area contributed by atoms with Gasteiger partial charge in [0.05, 0.1) is 7.11 Å². The van der Waals surface area contributed by atoms with Crippen molar-refractivity contribution in [3.8, 4) is 17.1 Å². The maximum atomic E-state index is 12.3. The van der Waals surface area contributed by atoms with Crippen LogP contribution in [0.4, 0.5) is 10.5 Å². The summed E-state index contributed by atoms with van der Waals surface area (Å²) < 4.78 is 10.3. The largest absolute Gasteiger partial charge is 0.497 e. The molecule has 0 unspecified atom stereocenters. The van der Waals surface area contributed by atoms with Gasteiger partial charge in [-0.1, -0.05) is 11.2 Å². The van der Waals surface area contributed by atoms with Crippen LogP contribution >= 0.6 is 0 Å². The second kappa shape index (κ2) is 7.43. The molecule has 0 aliphatic carbocycles. The third-order valence-corrected chi connectivity index (χ3v) is 3.43. The minimum atomic E-state index is -0.297. The maximum Gasteiger partial charge on any atom is 0.322 e. The maximum absolute atomic E-state index is 12.3. The topological polar surface area (TPSA) is 93.4 Å². The van der Waals surface area contributed by atoms with Crippen molar-refractivity contribution in [2.24, 2.45) is 0 Å². The number of hydrogen-bond donors (Lipinski definition) is 1. The highest BCUT2D eigenvalue weighted by Gasteiger charge is 2.15. The first-order valence-electron chi connectivity index (χ1n) is 7.55. The summed E-state index contributed by atoms with van der Waals surface area (Å²) in [7, 11) is 3.21. The Morgan fingerprint density at radius 1 is 1.32 bits per heavy atom. The minimum absolute atomic E-state index is 0.184. The standard InChI is InChI=1S/C17H17N5O3/c1-22(17(23)19-13-6-3-7-14(9-13)24-2)11-15-20-16(21-25-15)12-5-4-8-18-10-12/h3-10H,11H2,1-2H3,(H,19,23). The van der Waals surface area contributed by atoms with E-state index in [9.17, 15) is 4.79 Å². The molecular formula is C17H17N5O3. The van der Waals surface area contributed by atoms with Crippen LogP contribution in [0.2, 0.25) is 0 Å². The van der Waals surface area contributed by atoms with E-state index in [1.54, 1.807) is 56.9 Å². The Balaban J connectivity index is 1.62. The number of carbonyl (C=O) groups excluding carboxylic acids is 1. The van der Waals surface area contributed by atoms with Crippen LogP contribution in [0, 0.1) is 0 Å². The molecule has 0 spiro atoms. The smallest absolute Gasteiger partial charge is 0.322 e. The van der Waals surface area contributed by atoms with Gasteiger partial charge in [-0.15, -0.1) is 0 Å². The van der Waals surface area contributed by atoms with Crippen LogP contribution < -0.4 is 10.1 Å². The zero-order valence-corrected chi connectivity index (χ0v) is 13.8. The number of carbonyl (C=O) groups is 1. The third-order valence-electron chi connectivity index (χ3n) is 3.43. The summed E-state index contributed by atoms with van der Waals surface area (Å²) in [6, 6.07) is 10.4. The molecule has 3 aromatic rings. The molecule has 8 heteroatoms. The fourth-order valence-corrected chi connectivity index (χ4v) is 2.13. The van der Waals surface area contributed by atoms with Crippen molar-refractivity contribution in [1.29, 1.82) is 0 Å². The number of ether oxygens (including phenoxy) is 1. The van der Waals surface area contributed by atoms with E-state index in [0.29, 0.717) is 23.2 Å². The molecule has 2 aromatic heterocycles. The van der Waals surface area contributed by atoms with Crippen LogP contribution in [0.15, 0.2) is 53.3 Å². The van der Waals surface area contributed by atoms with Crippen molar-refractivity contribution >= 4 is 11.7 Å². The van der Waals surface area contributed by atoms with Crippen LogP contribution in [0.1, 0.15) is 5.89 Å². The highest BCUT2D eigenvalue weighted by Crippen LogP contribution is 2.18. The van der Waals surface area contributed by atoms with Gasteiger partial charge in [0.2, 0.25) is 11.7 Å². The lowest BCUT2D eigenvalue weighted by Gasteiger charge is -2.16. The molecule has 1 N–H and O–H groups in total. The van der Waals surface area contributed by atoms with Crippen molar-refractivity contribution in [3.63, 3.8) is 0 Å². The van der Waals surface area contributed by atoms with Crippen LogP contribution in [0.25, 0.3) is 11.4 Å². The first-order valence-corrected chi connectivity index (χ1v) is 7.55. The fourth-order valence-electron chi connectivity index (χ4n) is 2.13. The van der Waals surface area contributed by atoms with Crippen LogP contribution in [-0.2, 0) is 6.54 Å². The molecule has 0 bridgehead atoms. The molecule has 25 heavy (non-hydrogen) atoms. The van der Waals surface area contributed by atoms with Crippen molar-refractivity contribution in [2.45, 2.75) is 6.54 Å². The number of anilines is 1. The number of nitrogens with one attached hydrogen (secondary N) is 1. The summed E-state index contributed by atoms with van der Waals surface area (Å²) in [6.07, 6.45) is 3.31. The van der Waals surface area contributed by atoms with Gasteiger partial charge in [-0.05, 0) is 24.3 Å². The van der Waals surface area contributed by atoms with E-state index in [4.69, 9.17) is 9.26 Å². The number of aromatic nitrogens is 3. The molecule has 8 nitrogen and oxygen atoms in total. The fraction of sp³-hybridized carbons (Fsp3) is 0.176. The summed E-state index contributed by atoms with van der Waals surface area (Å²) >= 11 is 0. The Labute approximate surface area is 144 Å². The third kappa shape index (κ3) is 4.11. The first kappa shape index (κ1) is 16.4. The lowest BCUT2D eigenvalue weighted by Crippen LogP contribution is -2.30. The number of amides is 2. The van der Waals surface area contributed by atoms with Gasteiger partial charge < -0.3 is 19.5 Å². The Morgan fingerprint density at radius 3 is 2.96 bits per heavy atom. The Hall–Kier alpha value is -3.42. The molecule has 0 aliphatic heterocycles. The van der Waals surface area contributed by atoms with E-state index >= 15 is 0 Å². The second-order valence-electron chi connectivity index (χ2n) is 5.27. The average molecular weight is 339 g/mol. The first-order chi connectivity index (χ1) is 12.2. The molecular weight excluding hydrogens is 322 g/mol. The molecule has 0 aliphatic rings.